The summed E-state index contributed by atoms with van der Waals surface area (Å²) < 4.78 is 0. The molecule has 0 saturated heterocycles. The highest BCUT2D eigenvalue weighted by atomic mass is 16.3. The first-order valence-electron chi connectivity index (χ1n) is 17.9. The van der Waals surface area contributed by atoms with Crippen LogP contribution in [0.15, 0.2) is 11.6 Å². The first kappa shape index (κ1) is 28.2. The third-order valence-corrected chi connectivity index (χ3v) is 17.0. The van der Waals surface area contributed by atoms with Gasteiger partial charge in [0.1, 0.15) is 0 Å². The summed E-state index contributed by atoms with van der Waals surface area (Å²) in [6.07, 6.45) is 17.7. The molecule has 0 radical (unpaired) electrons. The highest BCUT2D eigenvalue weighted by Crippen LogP contribution is 2.73. The third-order valence-electron chi connectivity index (χ3n) is 17.0. The van der Waals surface area contributed by atoms with Gasteiger partial charge in [-0.05, 0) is 158 Å². The SMILES string of the molecule is C[C@]12CC[C@H]3[C@@H](CCC4=CC(=O)CC(C5CC[C@H]6[C@@H]7CCC8CC(=O)C(=O)C[C@]8(C)[C@@H]7CC[C@]56C)[C@@]43C)[C@@H]1CC[C@@H]2O. The summed E-state index contributed by atoms with van der Waals surface area (Å²) in [7, 11) is 0. The fourth-order valence-electron chi connectivity index (χ4n) is 14.8. The first-order chi connectivity index (χ1) is 19.9. The van der Waals surface area contributed by atoms with E-state index in [9.17, 15) is 19.5 Å². The van der Waals surface area contributed by atoms with Crippen LogP contribution in [-0.2, 0) is 14.4 Å². The Morgan fingerprint density at radius 1 is 0.619 bits per heavy atom. The number of fused-ring (bicyclic) bond motifs is 10. The zero-order valence-corrected chi connectivity index (χ0v) is 26.6. The number of rotatable bonds is 1. The second kappa shape index (κ2) is 9.13. The number of allylic oxidation sites excluding steroid dienone is 1. The molecular weight excluding hydrogens is 520 g/mol. The molecule has 0 bridgehead atoms. The minimum Gasteiger partial charge on any atom is -0.393 e. The van der Waals surface area contributed by atoms with Gasteiger partial charge in [0.2, 0.25) is 0 Å². The largest absolute Gasteiger partial charge is 0.393 e. The highest BCUT2D eigenvalue weighted by Gasteiger charge is 2.66. The van der Waals surface area contributed by atoms with Crippen molar-refractivity contribution in [1.82, 2.24) is 0 Å². The van der Waals surface area contributed by atoms with Crippen molar-refractivity contribution in [3.05, 3.63) is 11.6 Å². The monoisotopic (exact) mass is 574 g/mol. The maximum Gasteiger partial charge on any atom is 0.198 e. The predicted octanol–water partition coefficient (Wildman–Crippen LogP) is 7.51. The lowest BCUT2D eigenvalue weighted by atomic mass is 9.41. The number of aliphatic hydroxyl groups excluding tert-OH is 1. The van der Waals surface area contributed by atoms with E-state index < -0.39 is 0 Å². The summed E-state index contributed by atoms with van der Waals surface area (Å²) >= 11 is 0. The molecule has 8 aliphatic rings. The zero-order chi connectivity index (χ0) is 29.4. The van der Waals surface area contributed by atoms with Crippen LogP contribution in [0, 0.1) is 74.9 Å². The molecule has 0 spiro atoms. The van der Waals surface area contributed by atoms with Crippen molar-refractivity contribution in [1.29, 1.82) is 0 Å². The lowest BCUT2D eigenvalue weighted by molar-refractivity contribution is -0.157. The van der Waals surface area contributed by atoms with Crippen molar-refractivity contribution in [3.63, 3.8) is 0 Å². The van der Waals surface area contributed by atoms with Crippen molar-refractivity contribution in [2.75, 3.05) is 0 Å². The van der Waals surface area contributed by atoms with Crippen LogP contribution >= 0.6 is 0 Å². The van der Waals surface area contributed by atoms with E-state index in [0.29, 0.717) is 71.9 Å². The Bertz CT molecular complexity index is 1250. The molecule has 7 fully saturated rings. The van der Waals surface area contributed by atoms with Crippen LogP contribution < -0.4 is 0 Å². The Hall–Kier alpha value is -1.29. The van der Waals surface area contributed by atoms with E-state index in [1.54, 1.807) is 0 Å². The van der Waals surface area contributed by atoms with Crippen LogP contribution in [0.4, 0.5) is 0 Å². The molecule has 14 atom stereocenters. The maximum atomic E-state index is 13.4. The molecular formula is C38H54O4. The van der Waals surface area contributed by atoms with Crippen LogP contribution in [0.5, 0.6) is 0 Å². The van der Waals surface area contributed by atoms with Gasteiger partial charge in [-0.1, -0.05) is 33.3 Å². The molecule has 0 aromatic rings. The fraction of sp³-hybridized carbons (Fsp3) is 0.868. The van der Waals surface area contributed by atoms with Gasteiger partial charge < -0.3 is 5.11 Å². The Morgan fingerprint density at radius 3 is 2.07 bits per heavy atom. The van der Waals surface area contributed by atoms with E-state index in [1.165, 1.54) is 56.9 Å². The molecule has 0 aliphatic heterocycles. The molecule has 230 valence electrons. The van der Waals surface area contributed by atoms with Gasteiger partial charge in [-0.2, -0.15) is 0 Å². The molecule has 4 heteroatoms. The van der Waals surface area contributed by atoms with Crippen LogP contribution in [0.2, 0.25) is 0 Å². The molecule has 3 unspecified atom stereocenters. The number of carbonyl (C=O) groups is 3. The van der Waals surface area contributed by atoms with Gasteiger partial charge in [0.15, 0.2) is 17.3 Å². The Balaban J connectivity index is 1.11. The molecule has 1 N–H and O–H groups in total. The smallest absolute Gasteiger partial charge is 0.198 e. The first-order valence-corrected chi connectivity index (χ1v) is 17.9. The molecule has 8 aliphatic carbocycles. The van der Waals surface area contributed by atoms with Crippen LogP contribution in [0.25, 0.3) is 0 Å². The van der Waals surface area contributed by atoms with Gasteiger partial charge in [-0.15, -0.1) is 0 Å². The third kappa shape index (κ3) is 3.48. The van der Waals surface area contributed by atoms with Gasteiger partial charge >= 0.3 is 0 Å². The predicted molar refractivity (Wildman–Crippen MR) is 162 cm³/mol. The van der Waals surface area contributed by atoms with E-state index in [2.05, 4.69) is 33.8 Å². The lowest BCUT2D eigenvalue weighted by Gasteiger charge is -2.63. The number of Topliss-reactive ketones (excluding diaryl/α,β-unsaturated/α-hetero) is 2. The van der Waals surface area contributed by atoms with Crippen molar-refractivity contribution >= 4 is 17.3 Å². The summed E-state index contributed by atoms with van der Waals surface area (Å²) in [6.45, 7) is 9.96. The van der Waals surface area contributed by atoms with Crippen LogP contribution in [-0.4, -0.2) is 28.6 Å². The van der Waals surface area contributed by atoms with Crippen LogP contribution in [0.3, 0.4) is 0 Å². The van der Waals surface area contributed by atoms with Gasteiger partial charge in [0.25, 0.3) is 0 Å². The molecule has 8 rings (SSSR count). The van der Waals surface area contributed by atoms with E-state index >= 15 is 0 Å². The van der Waals surface area contributed by atoms with Gasteiger partial charge in [0, 0.05) is 19.3 Å². The van der Waals surface area contributed by atoms with E-state index in [4.69, 9.17) is 0 Å². The summed E-state index contributed by atoms with van der Waals surface area (Å²) in [5.41, 5.74) is 1.92. The van der Waals surface area contributed by atoms with Crippen molar-refractivity contribution in [2.24, 2.45) is 74.9 Å². The molecule has 7 saturated carbocycles. The Labute approximate surface area is 253 Å². The fourth-order valence-corrected chi connectivity index (χ4v) is 14.8. The topological polar surface area (TPSA) is 71.4 Å². The van der Waals surface area contributed by atoms with Crippen LogP contribution in [0.1, 0.15) is 124 Å². The normalized spacial score (nSPS) is 56.9. The summed E-state index contributed by atoms with van der Waals surface area (Å²) in [5.74, 6) is 5.41. The standard InChI is InChI=1S/C38H54O4/c1-35-15-13-28-24(7-5-21-18-32(40)33(41)20-37(21,28)3)26(35)9-10-30(35)31-19-23(39)17-22-6-8-25-27-11-12-34(42)36(27,2)16-14-29(25)38(22,31)4/h17,21,24-31,34,42H,5-16,18-20H2,1-4H3/t21?,24-,25-,26-,27-,28+,29-,30?,31?,34-,35-,36-,37-,38-/m0/s1. The summed E-state index contributed by atoms with van der Waals surface area (Å²) in [5, 5.41) is 11.0. The minimum absolute atomic E-state index is 0.00674. The quantitative estimate of drug-likeness (QED) is 0.329. The average Bonchev–Trinajstić information content (AvgIpc) is 3.45. The lowest BCUT2D eigenvalue weighted by Crippen LogP contribution is -2.58. The number of carbonyl (C=O) groups excluding carboxylic acids is 3. The molecule has 42 heavy (non-hydrogen) atoms. The van der Waals surface area contributed by atoms with Gasteiger partial charge in [-0.25, -0.2) is 0 Å². The van der Waals surface area contributed by atoms with Crippen molar-refractivity contribution < 1.29 is 19.5 Å². The van der Waals surface area contributed by atoms with E-state index in [-0.39, 0.29) is 39.3 Å². The van der Waals surface area contributed by atoms with E-state index in [1.807, 2.05) is 0 Å². The van der Waals surface area contributed by atoms with Crippen molar-refractivity contribution in [2.45, 2.75) is 130 Å². The Kier molecular flexibility index (Phi) is 6.13. The second-order valence-electron chi connectivity index (χ2n) is 17.9. The molecule has 0 aromatic carbocycles. The summed E-state index contributed by atoms with van der Waals surface area (Å²) in [6, 6.07) is 0. The maximum absolute atomic E-state index is 13.4. The number of hydrogen-bond donors (Lipinski definition) is 1. The Morgan fingerprint density at radius 2 is 1.26 bits per heavy atom. The number of aliphatic hydroxyl groups is 1. The number of ketones is 3. The zero-order valence-electron chi connectivity index (χ0n) is 26.6. The van der Waals surface area contributed by atoms with Crippen molar-refractivity contribution in [3.8, 4) is 0 Å². The molecule has 0 heterocycles. The second-order valence-corrected chi connectivity index (χ2v) is 17.9. The average molecular weight is 575 g/mol. The van der Waals surface area contributed by atoms with Gasteiger partial charge in [-0.3, -0.25) is 14.4 Å². The molecule has 0 amide bonds. The number of hydrogen-bond acceptors (Lipinski definition) is 4. The highest BCUT2D eigenvalue weighted by molar-refractivity contribution is 6.38. The van der Waals surface area contributed by atoms with E-state index in [0.717, 1.165) is 32.1 Å². The van der Waals surface area contributed by atoms with Gasteiger partial charge in [0.05, 0.1) is 6.10 Å². The molecule has 4 nitrogen and oxygen atoms in total. The summed E-state index contributed by atoms with van der Waals surface area (Å²) in [4.78, 5) is 38.5. The molecule has 0 aromatic heterocycles. The minimum atomic E-state index is -0.142.